The summed E-state index contributed by atoms with van der Waals surface area (Å²) in [6, 6.07) is 11.0. The Labute approximate surface area is 316 Å². The van der Waals surface area contributed by atoms with Gasteiger partial charge in [-0.2, -0.15) is 0 Å². The molecule has 0 aliphatic carbocycles. The van der Waals surface area contributed by atoms with Crippen molar-refractivity contribution in [2.75, 3.05) is 6.54 Å². The van der Waals surface area contributed by atoms with Gasteiger partial charge in [0.1, 0.15) is 29.4 Å². The number of aromatic nitrogens is 3. The summed E-state index contributed by atoms with van der Waals surface area (Å²) in [6.45, 7) is 15.3. The summed E-state index contributed by atoms with van der Waals surface area (Å²) in [5.74, 6) is -4.74. The van der Waals surface area contributed by atoms with Gasteiger partial charge < -0.3 is 20.3 Å². The largest absolute Gasteiger partial charge is 0.453 e. The van der Waals surface area contributed by atoms with E-state index in [9.17, 15) is 32.4 Å². The number of carbonyl (C=O) groups is 5. The van der Waals surface area contributed by atoms with Crippen LogP contribution in [0.3, 0.4) is 0 Å². The molecule has 1 aliphatic rings. The zero-order valence-electron chi connectivity index (χ0n) is 32.2. The van der Waals surface area contributed by atoms with Gasteiger partial charge in [-0.3, -0.25) is 19.2 Å². The molecule has 3 N–H and O–H groups in total. The molecule has 16 heteroatoms. The van der Waals surface area contributed by atoms with E-state index in [-0.39, 0.29) is 30.2 Å². The Bertz CT molecular complexity index is 1950. The number of amides is 4. The fourth-order valence-electron chi connectivity index (χ4n) is 5.97. The Morgan fingerprint density at radius 2 is 1.56 bits per heavy atom. The molecule has 3 aromatic rings. The lowest BCUT2D eigenvalue weighted by Crippen LogP contribution is -2.60. The molecule has 2 heterocycles. The average Bonchev–Trinajstić information content (AvgIpc) is 3.74. The minimum atomic E-state index is -4.27. The molecule has 0 radical (unpaired) electrons. The van der Waals surface area contributed by atoms with E-state index in [1.54, 1.807) is 71.5 Å². The molecular weight excluding hydrogens is 715 g/mol. The van der Waals surface area contributed by atoms with Crippen molar-refractivity contribution in [2.45, 2.75) is 110 Å². The second kappa shape index (κ2) is 16.5. The Morgan fingerprint density at radius 3 is 2.13 bits per heavy atom. The highest BCUT2D eigenvalue weighted by Gasteiger charge is 2.47. The molecule has 0 spiro atoms. The molecule has 1 aliphatic heterocycles. The number of sulfonamides is 1. The molecule has 1 saturated heterocycles. The van der Waals surface area contributed by atoms with Crippen LogP contribution < -0.4 is 15.4 Å². The number of likely N-dealkylation sites (tertiary alicyclic amines) is 1. The van der Waals surface area contributed by atoms with Gasteiger partial charge in [0.2, 0.25) is 11.8 Å². The lowest BCUT2D eigenvalue weighted by Gasteiger charge is -2.35. The lowest BCUT2D eigenvalue weighted by atomic mass is 9.85. The summed E-state index contributed by atoms with van der Waals surface area (Å²) in [7, 11) is -4.27. The quantitative estimate of drug-likeness (QED) is 0.192. The van der Waals surface area contributed by atoms with Gasteiger partial charge in [0.25, 0.3) is 15.9 Å². The van der Waals surface area contributed by atoms with Crippen LogP contribution >= 0.6 is 0 Å². The van der Waals surface area contributed by atoms with Gasteiger partial charge in [-0.1, -0.05) is 87.9 Å². The van der Waals surface area contributed by atoms with E-state index in [0.717, 1.165) is 11.1 Å². The molecule has 1 fully saturated rings. The first kappa shape index (κ1) is 41.6. The summed E-state index contributed by atoms with van der Waals surface area (Å²) in [4.78, 5) is 69.2. The van der Waals surface area contributed by atoms with Gasteiger partial charge in [0, 0.05) is 18.5 Å². The van der Waals surface area contributed by atoms with Crippen LogP contribution in [0.15, 0.2) is 65.7 Å². The first-order valence-electron chi connectivity index (χ1n) is 17.8. The van der Waals surface area contributed by atoms with Crippen LogP contribution in [0.2, 0.25) is 0 Å². The Morgan fingerprint density at radius 1 is 0.926 bits per heavy atom. The number of rotatable bonds is 11. The first-order chi connectivity index (χ1) is 25.1. The summed E-state index contributed by atoms with van der Waals surface area (Å²) in [5, 5.41) is 13.8. The van der Waals surface area contributed by atoms with Crippen LogP contribution in [0, 0.1) is 18.3 Å². The van der Waals surface area contributed by atoms with Crippen molar-refractivity contribution in [3.63, 3.8) is 0 Å². The number of aryl methyl sites for hydroxylation is 1. The summed E-state index contributed by atoms with van der Waals surface area (Å²) < 4.78 is 35.1. The topological polar surface area (TPSA) is 199 Å². The zero-order chi connectivity index (χ0) is 40.2. The molecule has 2 aromatic carbocycles. The average molecular weight is 766 g/mol. The molecule has 1 aromatic heterocycles. The van der Waals surface area contributed by atoms with Gasteiger partial charge in [-0.25, -0.2) is 22.6 Å². The van der Waals surface area contributed by atoms with Gasteiger partial charge in [0.05, 0.1) is 17.1 Å². The van der Waals surface area contributed by atoms with Crippen LogP contribution in [-0.4, -0.2) is 88.2 Å². The van der Waals surface area contributed by atoms with E-state index < -0.39 is 74.8 Å². The fourth-order valence-corrected chi connectivity index (χ4v) is 6.99. The zero-order valence-corrected chi connectivity index (χ0v) is 33.1. The highest BCUT2D eigenvalue weighted by Crippen LogP contribution is 2.32. The van der Waals surface area contributed by atoms with Crippen molar-refractivity contribution in [2.24, 2.45) is 11.3 Å². The molecular formula is C38H51N7O8S. The molecule has 4 amide bonds. The highest BCUT2D eigenvalue weighted by molar-refractivity contribution is 7.90. The molecule has 292 valence electrons. The van der Waals surface area contributed by atoms with Gasteiger partial charge in [-0.05, 0) is 57.6 Å². The van der Waals surface area contributed by atoms with E-state index in [0.29, 0.717) is 5.69 Å². The summed E-state index contributed by atoms with van der Waals surface area (Å²) in [5.41, 5.74) is 0.313. The predicted molar refractivity (Wildman–Crippen MR) is 200 cm³/mol. The SMILES string of the molecule is Cc1ccc(S(=O)(=O)NC(=O)[C@H](CC(C)C)NC(=O)[C@@H]2C[C@H](n3cc(-c4ccccc4)nn3)CN2C(=O)[C@@H](NC(=O)C(=O)OC(C)(C)C)C(C)(C)C)cc1. The number of ether oxygens (including phenoxy) is 1. The smallest absolute Gasteiger partial charge is 0.397 e. The number of nitrogens with zero attached hydrogens (tertiary/aromatic N) is 4. The van der Waals surface area contributed by atoms with E-state index in [1.165, 1.54) is 17.0 Å². The third-order valence-corrected chi connectivity index (χ3v) is 10.1. The van der Waals surface area contributed by atoms with Crippen LogP contribution in [0.1, 0.15) is 79.8 Å². The van der Waals surface area contributed by atoms with E-state index in [2.05, 4.69) is 25.7 Å². The van der Waals surface area contributed by atoms with Crippen molar-refractivity contribution in [3.05, 3.63) is 66.4 Å². The summed E-state index contributed by atoms with van der Waals surface area (Å²) >= 11 is 0. The van der Waals surface area contributed by atoms with Crippen molar-refractivity contribution in [3.8, 4) is 11.3 Å². The number of esters is 1. The van der Waals surface area contributed by atoms with Crippen LogP contribution in [0.25, 0.3) is 11.3 Å². The van der Waals surface area contributed by atoms with Crippen molar-refractivity contribution in [1.29, 1.82) is 0 Å². The number of benzene rings is 2. The number of nitrogens with one attached hydrogen (secondary N) is 3. The van der Waals surface area contributed by atoms with Crippen LogP contribution in [-0.2, 0) is 38.7 Å². The maximum absolute atomic E-state index is 14.5. The molecule has 54 heavy (non-hydrogen) atoms. The maximum atomic E-state index is 14.5. The molecule has 0 saturated carbocycles. The predicted octanol–water partition coefficient (Wildman–Crippen LogP) is 3.30. The van der Waals surface area contributed by atoms with Crippen LogP contribution in [0.4, 0.5) is 0 Å². The van der Waals surface area contributed by atoms with Crippen molar-refractivity contribution in [1.82, 2.24) is 35.2 Å². The van der Waals surface area contributed by atoms with E-state index in [1.807, 2.05) is 44.2 Å². The third kappa shape index (κ3) is 10.7. The van der Waals surface area contributed by atoms with Crippen molar-refractivity contribution < 1.29 is 37.1 Å². The number of carbonyl (C=O) groups excluding carboxylic acids is 5. The van der Waals surface area contributed by atoms with Gasteiger partial charge >= 0.3 is 11.9 Å². The molecule has 4 atom stereocenters. The van der Waals surface area contributed by atoms with Crippen LogP contribution in [0.5, 0.6) is 0 Å². The lowest BCUT2D eigenvalue weighted by molar-refractivity contribution is -0.164. The summed E-state index contributed by atoms with van der Waals surface area (Å²) in [6.07, 6.45) is 1.84. The minimum absolute atomic E-state index is 0.0355. The second-order valence-electron chi connectivity index (χ2n) is 16.1. The molecule has 4 rings (SSSR count). The Balaban J connectivity index is 1.66. The second-order valence-corrected chi connectivity index (χ2v) is 17.8. The monoisotopic (exact) mass is 765 g/mol. The molecule has 0 unspecified atom stereocenters. The molecule has 0 bridgehead atoms. The Hall–Kier alpha value is -5.12. The normalized spacial score (nSPS) is 17.4. The van der Waals surface area contributed by atoms with Gasteiger partial charge in [-0.15, -0.1) is 5.10 Å². The van der Waals surface area contributed by atoms with Gasteiger partial charge in [0.15, 0.2) is 0 Å². The van der Waals surface area contributed by atoms with E-state index in [4.69, 9.17) is 4.74 Å². The minimum Gasteiger partial charge on any atom is -0.453 e. The third-order valence-electron chi connectivity index (χ3n) is 8.70. The van der Waals surface area contributed by atoms with Crippen molar-refractivity contribution >= 4 is 39.6 Å². The fraction of sp³-hybridized carbons (Fsp3) is 0.500. The first-order valence-corrected chi connectivity index (χ1v) is 19.3. The standard InChI is InChI=1S/C38H51N7O8S/c1-23(2)19-28(32(46)42-54(51,52)27-17-15-24(3)16-18-27)39-33(47)30-20-26(45-22-29(41-43-45)25-13-11-10-12-14-25)21-44(30)35(49)31(37(4,5)6)40-34(48)36(50)53-38(7,8)9/h10-18,22-23,26,28,30-31H,19-21H2,1-9H3,(H,39,47)(H,40,48)(H,42,46)/t26-,28-,30-,31+/m0/s1. The number of hydrogen-bond acceptors (Lipinski definition) is 10. The molecule has 15 nitrogen and oxygen atoms in total. The maximum Gasteiger partial charge on any atom is 0.397 e. The highest BCUT2D eigenvalue weighted by atomic mass is 32.2. The van der Waals surface area contributed by atoms with E-state index >= 15 is 0 Å². The Kier molecular flexibility index (Phi) is 12.7. The number of hydrogen-bond donors (Lipinski definition) is 3.